The average molecular weight is 353 g/mol. The molecule has 1 aliphatic carbocycles. The molecule has 0 spiro atoms. The first-order chi connectivity index (χ1) is 11.1. The number of amides is 1. The fraction of sp³-hybridized carbons (Fsp3) is 0.412. The van der Waals surface area contributed by atoms with E-state index in [2.05, 4.69) is 11.7 Å². The number of rotatable bonds is 6. The topological polar surface area (TPSA) is 41.9 Å². The molecule has 23 heavy (non-hydrogen) atoms. The lowest BCUT2D eigenvalue weighted by Gasteiger charge is -2.23. The van der Waals surface area contributed by atoms with Crippen LogP contribution in [0.5, 0.6) is 0 Å². The standard InChI is InChI=1S/C17H18Cl2N2O2/c1-2-7-21(17(22)11-3-4-11)10-13-9-16(20-23-13)12-5-6-14(18)15(19)8-12/h2,5-6,8,11,13H,1,3-4,7,9-10H2/t13-/m1/s1. The highest BCUT2D eigenvalue weighted by atomic mass is 35.5. The van der Waals surface area contributed by atoms with Crippen molar-refractivity contribution in [2.75, 3.05) is 13.1 Å². The quantitative estimate of drug-likeness (QED) is 0.728. The number of halogens is 2. The van der Waals surface area contributed by atoms with E-state index in [9.17, 15) is 4.79 Å². The van der Waals surface area contributed by atoms with E-state index in [1.54, 1.807) is 18.2 Å². The van der Waals surface area contributed by atoms with Crippen LogP contribution in [0.2, 0.25) is 10.0 Å². The molecule has 1 aromatic rings. The first-order valence-electron chi connectivity index (χ1n) is 7.66. The normalized spacial score (nSPS) is 19.9. The van der Waals surface area contributed by atoms with E-state index < -0.39 is 0 Å². The number of nitrogens with zero attached hydrogens (tertiary/aromatic N) is 2. The van der Waals surface area contributed by atoms with Gasteiger partial charge in [-0.25, -0.2) is 0 Å². The summed E-state index contributed by atoms with van der Waals surface area (Å²) in [5, 5.41) is 5.15. The summed E-state index contributed by atoms with van der Waals surface area (Å²) in [5.74, 6) is 0.378. The van der Waals surface area contributed by atoms with Crippen LogP contribution in [0, 0.1) is 5.92 Å². The number of carbonyl (C=O) groups excluding carboxylic acids is 1. The van der Waals surface area contributed by atoms with E-state index in [0.29, 0.717) is 29.6 Å². The Morgan fingerprint density at radius 2 is 2.17 bits per heavy atom. The lowest BCUT2D eigenvalue weighted by atomic mass is 10.0. The molecule has 2 aliphatic rings. The van der Waals surface area contributed by atoms with Gasteiger partial charge in [-0.15, -0.1) is 6.58 Å². The highest BCUT2D eigenvalue weighted by Crippen LogP contribution is 2.31. The SMILES string of the molecule is C=CCN(C[C@H]1CC(c2ccc(Cl)c(Cl)c2)=NO1)C(=O)C1CC1. The Morgan fingerprint density at radius 3 is 2.83 bits per heavy atom. The predicted molar refractivity (Wildman–Crippen MR) is 92.0 cm³/mol. The summed E-state index contributed by atoms with van der Waals surface area (Å²) in [6.07, 6.45) is 4.23. The summed E-state index contributed by atoms with van der Waals surface area (Å²) in [6, 6.07) is 5.40. The molecule has 6 heteroatoms. The van der Waals surface area contributed by atoms with Crippen LogP contribution in [0.4, 0.5) is 0 Å². The molecule has 0 aromatic heterocycles. The van der Waals surface area contributed by atoms with Crippen LogP contribution in [0.15, 0.2) is 36.0 Å². The summed E-state index contributed by atoms with van der Waals surface area (Å²) in [6.45, 7) is 4.79. The Labute approximate surface area is 145 Å². The summed E-state index contributed by atoms with van der Waals surface area (Å²) >= 11 is 12.0. The Hall–Kier alpha value is -1.52. The minimum absolute atomic E-state index is 0.137. The zero-order valence-corrected chi connectivity index (χ0v) is 14.2. The molecule has 1 aliphatic heterocycles. The van der Waals surface area contributed by atoms with Crippen LogP contribution in [-0.2, 0) is 9.63 Å². The van der Waals surface area contributed by atoms with Crippen molar-refractivity contribution in [2.24, 2.45) is 11.1 Å². The highest BCUT2D eigenvalue weighted by molar-refractivity contribution is 6.42. The number of hydrogen-bond donors (Lipinski definition) is 0. The molecule has 1 heterocycles. The zero-order valence-electron chi connectivity index (χ0n) is 12.7. The Bertz CT molecular complexity index is 656. The first-order valence-corrected chi connectivity index (χ1v) is 8.42. The van der Waals surface area contributed by atoms with Gasteiger partial charge in [0.15, 0.2) is 6.10 Å². The molecule has 1 atom stereocenters. The van der Waals surface area contributed by atoms with Gasteiger partial charge in [-0.05, 0) is 25.0 Å². The Morgan fingerprint density at radius 1 is 1.39 bits per heavy atom. The number of benzene rings is 1. The van der Waals surface area contributed by atoms with Crippen LogP contribution in [0.25, 0.3) is 0 Å². The fourth-order valence-corrected chi connectivity index (χ4v) is 2.92. The van der Waals surface area contributed by atoms with E-state index >= 15 is 0 Å². The van der Waals surface area contributed by atoms with Crippen molar-refractivity contribution in [2.45, 2.75) is 25.4 Å². The summed E-state index contributed by atoms with van der Waals surface area (Å²) < 4.78 is 0. The van der Waals surface area contributed by atoms with Gasteiger partial charge in [0, 0.05) is 24.4 Å². The monoisotopic (exact) mass is 352 g/mol. The second-order valence-corrected chi connectivity index (χ2v) is 6.72. The van der Waals surface area contributed by atoms with Gasteiger partial charge in [-0.2, -0.15) is 0 Å². The van der Waals surface area contributed by atoms with Crippen LogP contribution in [0.3, 0.4) is 0 Å². The van der Waals surface area contributed by atoms with E-state index in [0.717, 1.165) is 24.1 Å². The smallest absolute Gasteiger partial charge is 0.226 e. The molecule has 3 rings (SSSR count). The Balaban J connectivity index is 1.62. The molecule has 4 nitrogen and oxygen atoms in total. The van der Waals surface area contributed by atoms with Crippen molar-refractivity contribution in [3.63, 3.8) is 0 Å². The maximum Gasteiger partial charge on any atom is 0.226 e. The van der Waals surface area contributed by atoms with Gasteiger partial charge in [-0.1, -0.05) is 40.5 Å². The molecule has 0 bridgehead atoms. The molecule has 1 amide bonds. The molecule has 0 saturated heterocycles. The summed E-state index contributed by atoms with van der Waals surface area (Å²) in [4.78, 5) is 19.6. The number of hydrogen-bond acceptors (Lipinski definition) is 3. The lowest BCUT2D eigenvalue weighted by molar-refractivity contribution is -0.133. The van der Waals surface area contributed by atoms with Crippen molar-refractivity contribution < 1.29 is 9.63 Å². The van der Waals surface area contributed by atoms with Crippen LogP contribution in [-0.4, -0.2) is 35.7 Å². The maximum absolute atomic E-state index is 12.3. The zero-order chi connectivity index (χ0) is 16.4. The highest BCUT2D eigenvalue weighted by Gasteiger charge is 2.35. The molecule has 0 radical (unpaired) electrons. The third-order valence-electron chi connectivity index (χ3n) is 4.00. The van der Waals surface area contributed by atoms with Gasteiger partial charge in [-0.3, -0.25) is 4.79 Å². The van der Waals surface area contributed by atoms with Crippen molar-refractivity contribution in [3.8, 4) is 0 Å². The second kappa shape index (κ2) is 6.93. The van der Waals surface area contributed by atoms with Crippen molar-refractivity contribution in [3.05, 3.63) is 46.5 Å². The van der Waals surface area contributed by atoms with Gasteiger partial charge in [0.2, 0.25) is 5.91 Å². The average Bonchev–Trinajstić information content (AvgIpc) is 3.28. The molecule has 122 valence electrons. The van der Waals surface area contributed by atoms with E-state index in [1.807, 2.05) is 11.0 Å². The predicted octanol–water partition coefficient (Wildman–Crippen LogP) is 3.91. The molecule has 0 N–H and O–H groups in total. The van der Waals surface area contributed by atoms with Crippen molar-refractivity contribution >= 4 is 34.8 Å². The molecule has 1 fully saturated rings. The maximum atomic E-state index is 12.3. The van der Waals surface area contributed by atoms with Crippen molar-refractivity contribution in [1.29, 1.82) is 0 Å². The third kappa shape index (κ3) is 3.88. The van der Waals surface area contributed by atoms with Crippen LogP contribution >= 0.6 is 23.2 Å². The molecule has 0 unspecified atom stereocenters. The number of carbonyl (C=O) groups is 1. The third-order valence-corrected chi connectivity index (χ3v) is 4.74. The lowest BCUT2D eigenvalue weighted by Crippen LogP contribution is -2.38. The molecular weight excluding hydrogens is 335 g/mol. The molecule has 1 aromatic carbocycles. The van der Waals surface area contributed by atoms with Gasteiger partial charge in [0.05, 0.1) is 22.3 Å². The van der Waals surface area contributed by atoms with Crippen LogP contribution < -0.4 is 0 Å². The van der Waals surface area contributed by atoms with Crippen LogP contribution in [0.1, 0.15) is 24.8 Å². The minimum atomic E-state index is -0.137. The summed E-state index contributed by atoms with van der Waals surface area (Å²) in [5.41, 5.74) is 1.72. The Kier molecular flexibility index (Phi) is 4.93. The first kappa shape index (κ1) is 16.3. The molecule has 1 saturated carbocycles. The van der Waals surface area contributed by atoms with Gasteiger partial charge < -0.3 is 9.74 Å². The fourth-order valence-electron chi connectivity index (χ4n) is 2.62. The van der Waals surface area contributed by atoms with Gasteiger partial charge in [0.25, 0.3) is 0 Å². The van der Waals surface area contributed by atoms with E-state index in [-0.39, 0.29) is 17.9 Å². The second-order valence-electron chi connectivity index (χ2n) is 5.90. The van der Waals surface area contributed by atoms with Crippen molar-refractivity contribution in [1.82, 2.24) is 4.90 Å². The van der Waals surface area contributed by atoms with Gasteiger partial charge in [0.1, 0.15) is 0 Å². The largest absolute Gasteiger partial charge is 0.390 e. The van der Waals surface area contributed by atoms with E-state index in [4.69, 9.17) is 28.0 Å². The van der Waals surface area contributed by atoms with Gasteiger partial charge >= 0.3 is 0 Å². The minimum Gasteiger partial charge on any atom is -0.390 e. The molecular formula is C17H18Cl2N2O2. The number of oxime groups is 1. The van der Waals surface area contributed by atoms with E-state index in [1.165, 1.54) is 0 Å². The summed E-state index contributed by atoms with van der Waals surface area (Å²) in [7, 11) is 0.